The molecule has 0 saturated carbocycles. The number of thioether (sulfide) groups is 1. The van der Waals surface area contributed by atoms with Crippen LogP contribution in [0.4, 0.5) is 10.8 Å². The minimum Gasteiger partial charge on any atom is -0.330 e. The van der Waals surface area contributed by atoms with Crippen LogP contribution in [0.15, 0.2) is 68.3 Å². The van der Waals surface area contributed by atoms with Crippen LogP contribution in [0.1, 0.15) is 5.69 Å². The third kappa shape index (κ3) is 3.95. The molecule has 130 valence electrons. The van der Waals surface area contributed by atoms with Gasteiger partial charge in [0, 0.05) is 28.2 Å². The molecule has 4 aromatic rings. The zero-order valence-corrected chi connectivity index (χ0v) is 16.5. The van der Waals surface area contributed by atoms with E-state index in [1.807, 2.05) is 42.5 Å². The molecule has 0 amide bonds. The first-order valence-corrected chi connectivity index (χ1v) is 10.2. The van der Waals surface area contributed by atoms with Gasteiger partial charge in [-0.2, -0.15) is 0 Å². The molecule has 6 nitrogen and oxygen atoms in total. The van der Waals surface area contributed by atoms with Gasteiger partial charge in [0.25, 0.3) is 5.56 Å². The van der Waals surface area contributed by atoms with Crippen molar-refractivity contribution in [1.82, 2.24) is 19.6 Å². The molecule has 0 radical (unpaired) electrons. The molecule has 26 heavy (non-hydrogen) atoms. The fraction of sp³-hybridized carbons (Fsp3) is 0.0588. The van der Waals surface area contributed by atoms with Crippen LogP contribution in [0.2, 0.25) is 0 Å². The lowest BCUT2D eigenvalue weighted by Gasteiger charge is -2.03. The summed E-state index contributed by atoms with van der Waals surface area (Å²) >= 11 is 6.34. The SMILES string of the molecule is O=c1cc(CSc2nnc(Nc3ccccc3)s2)nc2ccc(Br)cn12. The lowest BCUT2D eigenvalue weighted by molar-refractivity contribution is 0.998. The van der Waals surface area contributed by atoms with E-state index in [1.165, 1.54) is 27.5 Å². The molecule has 0 unspecified atom stereocenters. The second-order valence-corrected chi connectivity index (χ2v) is 8.43. The number of para-hydroxylation sites is 1. The molecule has 0 spiro atoms. The molecule has 0 aliphatic rings. The van der Waals surface area contributed by atoms with Gasteiger partial charge < -0.3 is 5.32 Å². The van der Waals surface area contributed by atoms with Crippen molar-refractivity contribution in [2.24, 2.45) is 0 Å². The summed E-state index contributed by atoms with van der Waals surface area (Å²) in [4.78, 5) is 16.8. The van der Waals surface area contributed by atoms with E-state index < -0.39 is 0 Å². The Morgan fingerprint density at radius 2 is 2.00 bits per heavy atom. The number of nitrogens with one attached hydrogen (secondary N) is 1. The van der Waals surface area contributed by atoms with Gasteiger partial charge in [0.1, 0.15) is 5.65 Å². The molecule has 4 rings (SSSR count). The Labute approximate surface area is 165 Å². The van der Waals surface area contributed by atoms with Crippen LogP contribution in [-0.4, -0.2) is 19.6 Å². The molecule has 3 heterocycles. The Hall–Kier alpha value is -2.23. The summed E-state index contributed by atoms with van der Waals surface area (Å²) < 4.78 is 3.18. The number of rotatable bonds is 5. The smallest absolute Gasteiger partial charge is 0.258 e. The number of anilines is 2. The number of fused-ring (bicyclic) bond motifs is 1. The highest BCUT2D eigenvalue weighted by Crippen LogP contribution is 2.29. The van der Waals surface area contributed by atoms with E-state index in [9.17, 15) is 4.79 Å². The van der Waals surface area contributed by atoms with Crippen molar-refractivity contribution in [3.8, 4) is 0 Å². The number of hydrogen-bond donors (Lipinski definition) is 1. The van der Waals surface area contributed by atoms with Crippen molar-refractivity contribution in [2.45, 2.75) is 10.1 Å². The molecule has 0 aliphatic heterocycles. The molecule has 1 aromatic carbocycles. The van der Waals surface area contributed by atoms with Crippen molar-refractivity contribution in [1.29, 1.82) is 0 Å². The number of pyridine rings is 1. The van der Waals surface area contributed by atoms with Gasteiger partial charge in [-0.3, -0.25) is 9.20 Å². The van der Waals surface area contributed by atoms with Crippen LogP contribution >= 0.6 is 39.0 Å². The van der Waals surface area contributed by atoms with Gasteiger partial charge in [0.2, 0.25) is 5.13 Å². The molecule has 0 bridgehead atoms. The number of aromatic nitrogens is 4. The summed E-state index contributed by atoms with van der Waals surface area (Å²) in [5.41, 5.74) is 2.21. The standard InChI is InChI=1S/C17H12BrN5OS2/c18-11-6-7-14-19-13(8-15(24)23(14)9-11)10-25-17-22-21-16(26-17)20-12-4-2-1-3-5-12/h1-9H,10H2,(H,20,21). The molecule has 0 atom stereocenters. The predicted molar refractivity (Wildman–Crippen MR) is 108 cm³/mol. The first-order valence-electron chi connectivity index (χ1n) is 7.63. The Balaban J connectivity index is 1.47. The fourth-order valence-corrected chi connectivity index (χ4v) is 4.30. The lowest BCUT2D eigenvalue weighted by Crippen LogP contribution is -2.15. The van der Waals surface area contributed by atoms with Crippen LogP contribution in [0.25, 0.3) is 5.65 Å². The highest BCUT2D eigenvalue weighted by molar-refractivity contribution is 9.10. The normalized spacial score (nSPS) is 11.0. The maximum atomic E-state index is 12.2. The van der Waals surface area contributed by atoms with Crippen molar-refractivity contribution in [3.63, 3.8) is 0 Å². The Morgan fingerprint density at radius 3 is 2.85 bits per heavy atom. The van der Waals surface area contributed by atoms with Crippen molar-refractivity contribution in [2.75, 3.05) is 5.32 Å². The zero-order valence-electron chi connectivity index (χ0n) is 13.3. The fourth-order valence-electron chi connectivity index (χ4n) is 2.30. The van der Waals surface area contributed by atoms with Crippen LogP contribution in [0.5, 0.6) is 0 Å². The molecule has 3 aromatic heterocycles. The average molecular weight is 446 g/mol. The molecule has 0 aliphatic carbocycles. The molecule has 1 N–H and O–H groups in total. The van der Waals surface area contributed by atoms with E-state index in [0.29, 0.717) is 11.4 Å². The van der Waals surface area contributed by atoms with Gasteiger partial charge in [-0.1, -0.05) is 41.3 Å². The van der Waals surface area contributed by atoms with E-state index >= 15 is 0 Å². The van der Waals surface area contributed by atoms with E-state index in [2.05, 4.69) is 36.4 Å². The Bertz CT molecular complexity index is 1110. The van der Waals surface area contributed by atoms with Crippen LogP contribution in [-0.2, 0) is 5.75 Å². The minimum absolute atomic E-state index is 0.101. The predicted octanol–water partition coefficient (Wildman–Crippen LogP) is 4.34. The first kappa shape index (κ1) is 17.2. The highest BCUT2D eigenvalue weighted by atomic mass is 79.9. The van der Waals surface area contributed by atoms with Gasteiger partial charge >= 0.3 is 0 Å². The number of benzene rings is 1. The first-order chi connectivity index (χ1) is 12.7. The molecule has 0 fully saturated rings. The van der Waals surface area contributed by atoms with Crippen LogP contribution < -0.4 is 10.9 Å². The molecule has 9 heteroatoms. The van der Waals surface area contributed by atoms with Gasteiger partial charge in [-0.15, -0.1) is 10.2 Å². The molecular formula is C17H12BrN5OS2. The summed E-state index contributed by atoms with van der Waals surface area (Å²) in [7, 11) is 0. The Kier molecular flexibility index (Phi) is 5.00. The van der Waals surface area contributed by atoms with Crippen molar-refractivity contribution < 1.29 is 0 Å². The number of hydrogen-bond acceptors (Lipinski definition) is 7. The van der Waals surface area contributed by atoms with E-state index in [0.717, 1.165) is 25.3 Å². The maximum absolute atomic E-state index is 12.2. The summed E-state index contributed by atoms with van der Waals surface area (Å²) in [5, 5.41) is 12.3. The lowest BCUT2D eigenvalue weighted by atomic mass is 10.3. The third-order valence-corrected chi connectivity index (χ3v) is 5.93. The summed E-state index contributed by atoms with van der Waals surface area (Å²) in [6.07, 6.45) is 1.72. The van der Waals surface area contributed by atoms with E-state index in [1.54, 1.807) is 12.3 Å². The quantitative estimate of drug-likeness (QED) is 0.460. The minimum atomic E-state index is -0.101. The second-order valence-electron chi connectivity index (χ2n) is 5.31. The van der Waals surface area contributed by atoms with Crippen molar-refractivity contribution >= 4 is 55.5 Å². The second kappa shape index (κ2) is 7.56. The van der Waals surface area contributed by atoms with Gasteiger partial charge in [-0.25, -0.2) is 4.98 Å². The molecule has 0 saturated heterocycles. The summed E-state index contributed by atoms with van der Waals surface area (Å²) in [6, 6.07) is 15.1. The Morgan fingerprint density at radius 1 is 1.15 bits per heavy atom. The number of nitrogens with zero attached hydrogens (tertiary/aromatic N) is 4. The van der Waals surface area contributed by atoms with Crippen molar-refractivity contribution in [3.05, 3.63) is 75.2 Å². The van der Waals surface area contributed by atoms with Gasteiger partial charge in [0.15, 0.2) is 4.34 Å². The zero-order chi connectivity index (χ0) is 17.9. The van der Waals surface area contributed by atoms with E-state index in [-0.39, 0.29) is 5.56 Å². The largest absolute Gasteiger partial charge is 0.330 e. The molecular weight excluding hydrogens is 434 g/mol. The topological polar surface area (TPSA) is 72.2 Å². The van der Waals surface area contributed by atoms with E-state index in [4.69, 9.17) is 0 Å². The third-order valence-electron chi connectivity index (χ3n) is 3.45. The highest BCUT2D eigenvalue weighted by Gasteiger charge is 2.08. The van der Waals surface area contributed by atoms with Crippen LogP contribution in [0, 0.1) is 0 Å². The summed E-state index contributed by atoms with van der Waals surface area (Å²) in [6.45, 7) is 0. The number of halogens is 1. The van der Waals surface area contributed by atoms with Gasteiger partial charge in [-0.05, 0) is 40.2 Å². The monoisotopic (exact) mass is 445 g/mol. The maximum Gasteiger partial charge on any atom is 0.258 e. The van der Waals surface area contributed by atoms with Gasteiger partial charge in [0.05, 0.1) is 5.69 Å². The average Bonchev–Trinajstić information content (AvgIpc) is 3.09. The summed E-state index contributed by atoms with van der Waals surface area (Å²) in [5.74, 6) is 0.557. The van der Waals surface area contributed by atoms with Crippen LogP contribution in [0.3, 0.4) is 0 Å².